The Morgan fingerprint density at radius 2 is 1.90 bits per heavy atom. The van der Waals surface area contributed by atoms with Crippen molar-refractivity contribution in [3.63, 3.8) is 0 Å². The normalized spacial score (nSPS) is 13.8. The number of amides is 1. The molecule has 108 valence electrons. The first-order valence-electron chi connectivity index (χ1n) is 6.95. The summed E-state index contributed by atoms with van der Waals surface area (Å²) in [5.41, 5.74) is 2.73. The number of aryl methyl sites for hydroxylation is 2. The summed E-state index contributed by atoms with van der Waals surface area (Å²) in [6, 6.07) is 5.63. The summed E-state index contributed by atoms with van der Waals surface area (Å²) in [6.07, 6.45) is 3.24. The van der Waals surface area contributed by atoms with Gasteiger partial charge in [0.05, 0.1) is 5.56 Å². The summed E-state index contributed by atoms with van der Waals surface area (Å²) in [4.78, 5) is 23.5. The molecule has 2 rings (SSSR count). The highest BCUT2D eigenvalue weighted by atomic mass is 16.5. The molecule has 0 radical (unpaired) electrons. The fourth-order valence-corrected chi connectivity index (χ4v) is 2.37. The van der Waals surface area contributed by atoms with Crippen LogP contribution in [0.15, 0.2) is 18.2 Å². The maximum atomic E-state index is 11.9. The second-order valence-electron chi connectivity index (χ2n) is 6.21. The quantitative estimate of drug-likeness (QED) is 0.861. The average molecular weight is 275 g/mol. The highest BCUT2D eigenvalue weighted by Crippen LogP contribution is 2.23. The van der Waals surface area contributed by atoms with Gasteiger partial charge in [-0.3, -0.25) is 4.79 Å². The van der Waals surface area contributed by atoms with E-state index in [0.29, 0.717) is 5.56 Å². The number of rotatable bonds is 3. The fraction of sp³-hybridized carbons (Fsp3) is 0.500. The molecule has 0 heterocycles. The standard InChI is InChI=1S/C16H21NO3/c1-16(2,3)17-14(18)10-20-15(19)13-8-7-11-5-4-6-12(11)9-13/h7-9H,4-6,10H2,1-3H3,(H,17,18). The fourth-order valence-electron chi connectivity index (χ4n) is 2.37. The molecule has 0 bridgehead atoms. The third kappa shape index (κ3) is 3.83. The number of hydrogen-bond donors (Lipinski definition) is 1. The van der Waals surface area contributed by atoms with Crippen LogP contribution in [-0.4, -0.2) is 24.0 Å². The van der Waals surface area contributed by atoms with Crippen molar-refractivity contribution in [1.29, 1.82) is 0 Å². The number of carbonyl (C=O) groups is 2. The monoisotopic (exact) mass is 275 g/mol. The first kappa shape index (κ1) is 14.6. The van der Waals surface area contributed by atoms with E-state index in [-0.39, 0.29) is 18.1 Å². The number of ether oxygens (including phenoxy) is 1. The van der Waals surface area contributed by atoms with Gasteiger partial charge in [0.25, 0.3) is 5.91 Å². The molecule has 0 spiro atoms. The van der Waals surface area contributed by atoms with Gasteiger partial charge in [-0.15, -0.1) is 0 Å². The molecule has 1 amide bonds. The van der Waals surface area contributed by atoms with E-state index in [1.807, 2.05) is 32.9 Å². The molecule has 1 aliphatic rings. The van der Waals surface area contributed by atoms with Gasteiger partial charge in [0.1, 0.15) is 0 Å². The minimum Gasteiger partial charge on any atom is -0.452 e. The van der Waals surface area contributed by atoms with E-state index in [2.05, 4.69) is 5.32 Å². The van der Waals surface area contributed by atoms with Gasteiger partial charge in [-0.25, -0.2) is 4.79 Å². The molecule has 4 heteroatoms. The lowest BCUT2D eigenvalue weighted by Gasteiger charge is -2.20. The van der Waals surface area contributed by atoms with Gasteiger partial charge in [-0.2, -0.15) is 0 Å². The zero-order chi connectivity index (χ0) is 14.8. The van der Waals surface area contributed by atoms with Gasteiger partial charge in [-0.05, 0) is 63.3 Å². The van der Waals surface area contributed by atoms with Crippen LogP contribution in [0.2, 0.25) is 0 Å². The van der Waals surface area contributed by atoms with Crippen LogP contribution < -0.4 is 5.32 Å². The largest absolute Gasteiger partial charge is 0.452 e. The smallest absolute Gasteiger partial charge is 0.338 e. The molecule has 1 N–H and O–H groups in total. The Kier molecular flexibility index (Phi) is 4.12. The minimum absolute atomic E-state index is 0.243. The highest BCUT2D eigenvalue weighted by molar-refractivity contribution is 5.91. The van der Waals surface area contributed by atoms with Gasteiger partial charge >= 0.3 is 5.97 Å². The Hall–Kier alpha value is -1.84. The van der Waals surface area contributed by atoms with E-state index in [1.165, 1.54) is 11.1 Å². The Morgan fingerprint density at radius 1 is 1.20 bits per heavy atom. The second-order valence-corrected chi connectivity index (χ2v) is 6.21. The Labute approximate surface area is 119 Å². The van der Waals surface area contributed by atoms with Gasteiger partial charge < -0.3 is 10.1 Å². The molecular weight excluding hydrogens is 254 g/mol. The van der Waals surface area contributed by atoms with Crippen molar-refractivity contribution in [2.24, 2.45) is 0 Å². The summed E-state index contributed by atoms with van der Waals surface area (Å²) in [6.45, 7) is 5.40. The topological polar surface area (TPSA) is 55.4 Å². The summed E-state index contributed by atoms with van der Waals surface area (Å²) >= 11 is 0. The zero-order valence-corrected chi connectivity index (χ0v) is 12.3. The van der Waals surface area contributed by atoms with Crippen molar-refractivity contribution in [3.8, 4) is 0 Å². The van der Waals surface area contributed by atoms with Crippen molar-refractivity contribution in [3.05, 3.63) is 34.9 Å². The molecule has 0 saturated carbocycles. The van der Waals surface area contributed by atoms with Crippen LogP contribution in [0.4, 0.5) is 0 Å². The van der Waals surface area contributed by atoms with Crippen molar-refractivity contribution < 1.29 is 14.3 Å². The summed E-state index contributed by atoms with van der Waals surface area (Å²) in [7, 11) is 0. The van der Waals surface area contributed by atoms with E-state index >= 15 is 0 Å². The van der Waals surface area contributed by atoms with Gasteiger partial charge in [0, 0.05) is 5.54 Å². The van der Waals surface area contributed by atoms with Crippen LogP contribution in [0.3, 0.4) is 0 Å². The van der Waals surface area contributed by atoms with Crippen LogP contribution in [-0.2, 0) is 22.4 Å². The lowest BCUT2D eigenvalue weighted by Crippen LogP contribution is -2.42. The van der Waals surface area contributed by atoms with Gasteiger partial charge in [-0.1, -0.05) is 6.07 Å². The Balaban J connectivity index is 1.91. The lowest BCUT2D eigenvalue weighted by atomic mass is 10.1. The number of fused-ring (bicyclic) bond motifs is 1. The number of esters is 1. The maximum absolute atomic E-state index is 11.9. The predicted octanol–water partition coefficient (Wildman–Crippen LogP) is 2.25. The van der Waals surface area contributed by atoms with Crippen LogP contribution in [0.25, 0.3) is 0 Å². The van der Waals surface area contributed by atoms with E-state index in [9.17, 15) is 9.59 Å². The molecular formula is C16H21NO3. The third-order valence-corrected chi connectivity index (χ3v) is 3.18. The molecule has 0 aliphatic heterocycles. The molecule has 1 aliphatic carbocycles. The number of benzene rings is 1. The Bertz CT molecular complexity index is 529. The van der Waals surface area contributed by atoms with E-state index in [0.717, 1.165) is 19.3 Å². The summed E-state index contributed by atoms with van der Waals surface area (Å²) in [5, 5.41) is 2.75. The summed E-state index contributed by atoms with van der Waals surface area (Å²) in [5.74, 6) is -0.726. The van der Waals surface area contributed by atoms with Crippen molar-refractivity contribution in [2.75, 3.05) is 6.61 Å². The Morgan fingerprint density at radius 3 is 2.60 bits per heavy atom. The average Bonchev–Trinajstić information content (AvgIpc) is 2.80. The first-order valence-corrected chi connectivity index (χ1v) is 6.95. The molecule has 1 aromatic rings. The lowest BCUT2D eigenvalue weighted by molar-refractivity contribution is -0.125. The van der Waals surface area contributed by atoms with Crippen molar-refractivity contribution in [2.45, 2.75) is 45.6 Å². The molecule has 0 fully saturated rings. The number of hydrogen-bond acceptors (Lipinski definition) is 3. The van der Waals surface area contributed by atoms with E-state index < -0.39 is 5.97 Å². The zero-order valence-electron chi connectivity index (χ0n) is 12.3. The highest BCUT2D eigenvalue weighted by Gasteiger charge is 2.17. The van der Waals surface area contributed by atoms with Crippen LogP contribution in [0.5, 0.6) is 0 Å². The van der Waals surface area contributed by atoms with Crippen molar-refractivity contribution in [1.82, 2.24) is 5.32 Å². The third-order valence-electron chi connectivity index (χ3n) is 3.18. The van der Waals surface area contributed by atoms with E-state index in [1.54, 1.807) is 6.07 Å². The molecule has 4 nitrogen and oxygen atoms in total. The first-order chi connectivity index (χ1) is 9.35. The molecule has 0 aromatic heterocycles. The second kappa shape index (κ2) is 5.65. The van der Waals surface area contributed by atoms with Crippen LogP contribution in [0.1, 0.15) is 48.7 Å². The molecule has 0 atom stereocenters. The SMILES string of the molecule is CC(C)(C)NC(=O)COC(=O)c1ccc2c(c1)CCC2. The minimum atomic E-state index is -0.441. The van der Waals surface area contributed by atoms with Gasteiger partial charge in [0.15, 0.2) is 6.61 Å². The van der Waals surface area contributed by atoms with Gasteiger partial charge in [0.2, 0.25) is 0 Å². The molecule has 1 aromatic carbocycles. The van der Waals surface area contributed by atoms with E-state index in [4.69, 9.17) is 4.74 Å². The molecule has 20 heavy (non-hydrogen) atoms. The molecule has 0 unspecified atom stereocenters. The van der Waals surface area contributed by atoms with Crippen LogP contribution >= 0.6 is 0 Å². The summed E-state index contributed by atoms with van der Waals surface area (Å²) < 4.78 is 5.04. The number of carbonyl (C=O) groups excluding carboxylic acids is 2. The number of nitrogens with one attached hydrogen (secondary N) is 1. The van der Waals surface area contributed by atoms with Crippen LogP contribution in [0, 0.1) is 0 Å². The molecule has 0 saturated heterocycles. The maximum Gasteiger partial charge on any atom is 0.338 e. The predicted molar refractivity (Wildman–Crippen MR) is 76.6 cm³/mol. The van der Waals surface area contributed by atoms with Crippen molar-refractivity contribution >= 4 is 11.9 Å².